The Hall–Kier alpha value is -3.16. The molecule has 0 saturated carbocycles. The summed E-state index contributed by atoms with van der Waals surface area (Å²) in [5.74, 6) is 1.31. The van der Waals surface area contributed by atoms with E-state index in [0.717, 1.165) is 40.4 Å². The third-order valence-electron chi connectivity index (χ3n) is 6.18. The van der Waals surface area contributed by atoms with Gasteiger partial charge in [0.2, 0.25) is 6.41 Å². The van der Waals surface area contributed by atoms with Crippen LogP contribution in [0.4, 0.5) is 13.2 Å². The minimum atomic E-state index is -4.25. The molecule has 0 unspecified atom stereocenters. The number of nitrogens with one attached hydrogen (secondary N) is 1. The number of carbonyl (C=O) groups is 1. The first kappa shape index (κ1) is 23.0. The molecule has 1 atom stereocenters. The van der Waals surface area contributed by atoms with Gasteiger partial charge in [-0.3, -0.25) is 4.79 Å². The van der Waals surface area contributed by atoms with E-state index in [1.54, 1.807) is 24.1 Å². The highest BCUT2D eigenvalue weighted by atomic mass is 19.4. The summed E-state index contributed by atoms with van der Waals surface area (Å²) < 4.78 is 49.8. The summed E-state index contributed by atoms with van der Waals surface area (Å²) in [7, 11) is 1.60. The topological polar surface area (TPSA) is 54.6 Å². The zero-order chi connectivity index (χ0) is 23.6. The molecule has 1 aliphatic rings. The number of methoxy groups -OCH3 is 1. The van der Waals surface area contributed by atoms with Gasteiger partial charge in [0.1, 0.15) is 0 Å². The molecule has 33 heavy (non-hydrogen) atoms. The van der Waals surface area contributed by atoms with Crippen molar-refractivity contribution in [2.75, 3.05) is 20.3 Å². The van der Waals surface area contributed by atoms with E-state index in [2.05, 4.69) is 4.98 Å². The van der Waals surface area contributed by atoms with E-state index in [1.165, 1.54) is 6.07 Å². The molecule has 4 rings (SSSR count). The van der Waals surface area contributed by atoms with Crippen molar-refractivity contribution in [1.29, 1.82) is 0 Å². The lowest BCUT2D eigenvalue weighted by Gasteiger charge is -2.35. The number of aromatic amines is 1. The summed E-state index contributed by atoms with van der Waals surface area (Å²) in [6.07, 6.45) is -0.517. The van der Waals surface area contributed by atoms with Crippen molar-refractivity contribution in [3.8, 4) is 11.5 Å². The third-order valence-corrected chi connectivity index (χ3v) is 6.18. The Labute approximate surface area is 190 Å². The summed E-state index contributed by atoms with van der Waals surface area (Å²) in [4.78, 5) is 16.8. The monoisotopic (exact) mass is 460 g/mol. The van der Waals surface area contributed by atoms with Crippen molar-refractivity contribution in [3.05, 3.63) is 58.8 Å². The number of benzene rings is 2. The van der Waals surface area contributed by atoms with Gasteiger partial charge in [-0.1, -0.05) is 6.07 Å². The number of hydrogen-bond acceptors (Lipinski definition) is 3. The van der Waals surface area contributed by atoms with Crippen molar-refractivity contribution in [2.45, 2.75) is 44.8 Å². The number of alkyl halides is 3. The van der Waals surface area contributed by atoms with Crippen LogP contribution < -0.4 is 9.47 Å². The Kier molecular flexibility index (Phi) is 6.54. The van der Waals surface area contributed by atoms with E-state index < -0.39 is 12.6 Å². The third kappa shape index (κ3) is 4.94. The van der Waals surface area contributed by atoms with Gasteiger partial charge in [0.05, 0.1) is 26.2 Å². The Balaban J connectivity index is 1.62. The quantitative estimate of drug-likeness (QED) is 0.460. The predicted octanol–water partition coefficient (Wildman–Crippen LogP) is 5.37. The molecule has 0 radical (unpaired) electrons. The molecule has 2 heterocycles. The van der Waals surface area contributed by atoms with E-state index in [1.807, 2.05) is 25.3 Å². The van der Waals surface area contributed by atoms with Crippen molar-refractivity contribution in [1.82, 2.24) is 9.88 Å². The number of amides is 1. The van der Waals surface area contributed by atoms with Crippen molar-refractivity contribution in [3.63, 3.8) is 0 Å². The molecule has 0 bridgehead atoms. The maximum absolute atomic E-state index is 12.9. The van der Waals surface area contributed by atoms with E-state index in [-0.39, 0.29) is 11.6 Å². The second kappa shape index (κ2) is 9.37. The van der Waals surface area contributed by atoms with Crippen molar-refractivity contribution >= 4 is 17.3 Å². The minimum absolute atomic E-state index is 0.153. The number of aromatic nitrogens is 1. The second-order valence-corrected chi connectivity index (χ2v) is 8.27. The zero-order valence-corrected chi connectivity index (χ0v) is 18.7. The van der Waals surface area contributed by atoms with Crippen LogP contribution in [0.3, 0.4) is 0 Å². The smallest absolute Gasteiger partial charge is 0.393 e. The lowest BCUT2D eigenvalue weighted by atomic mass is 9.88. The van der Waals surface area contributed by atoms with Crippen LogP contribution in [-0.2, 0) is 24.1 Å². The number of ether oxygens (including phenoxy) is 2. The van der Waals surface area contributed by atoms with E-state index in [9.17, 15) is 18.0 Å². The van der Waals surface area contributed by atoms with E-state index in [0.29, 0.717) is 37.5 Å². The van der Waals surface area contributed by atoms with Crippen LogP contribution in [0.1, 0.15) is 41.6 Å². The number of hydrogen-bond donors (Lipinski definition) is 1. The predicted molar refractivity (Wildman–Crippen MR) is 120 cm³/mol. The van der Waals surface area contributed by atoms with E-state index >= 15 is 0 Å². The Morgan fingerprint density at radius 2 is 2.03 bits per heavy atom. The molecule has 1 aromatic heterocycles. The van der Waals surface area contributed by atoms with Crippen LogP contribution in [0.25, 0.3) is 10.9 Å². The SMILES string of the molecule is CCOc1cc2c(cc1OC)CCN(C=O)[C@H]2CCc1c[nH]c2ccc(CC(F)(F)F)cc12. The fourth-order valence-corrected chi connectivity index (χ4v) is 4.67. The molecular formula is C25H27F3N2O3. The fraction of sp³-hybridized carbons (Fsp3) is 0.400. The second-order valence-electron chi connectivity index (χ2n) is 8.27. The van der Waals surface area contributed by atoms with Gasteiger partial charge in [0.15, 0.2) is 11.5 Å². The highest BCUT2D eigenvalue weighted by molar-refractivity contribution is 5.84. The summed E-state index contributed by atoms with van der Waals surface area (Å²) in [6, 6.07) is 8.58. The first-order chi connectivity index (χ1) is 15.8. The molecule has 0 saturated heterocycles. The van der Waals surface area contributed by atoms with Crippen LogP contribution in [0.2, 0.25) is 0 Å². The number of fused-ring (bicyclic) bond motifs is 2. The number of halogens is 3. The van der Waals surface area contributed by atoms with Crippen LogP contribution in [-0.4, -0.2) is 42.7 Å². The first-order valence-corrected chi connectivity index (χ1v) is 11.0. The van der Waals surface area contributed by atoms with Crippen LogP contribution in [0, 0.1) is 0 Å². The maximum Gasteiger partial charge on any atom is 0.393 e. The van der Waals surface area contributed by atoms with Crippen molar-refractivity contribution < 1.29 is 27.4 Å². The standard InChI is InChI=1S/C25H27F3N2O3/c1-3-33-24-12-20-17(11-23(24)32-2)8-9-30(15-31)22(20)7-5-18-14-29-21-6-4-16(10-19(18)21)13-25(26,27)28/h4,6,10-12,14-15,22,29H,3,5,7-9,13H2,1-2H3/t22-/m0/s1. The molecule has 2 aromatic carbocycles. The summed E-state index contributed by atoms with van der Waals surface area (Å²) in [5.41, 5.74) is 4.11. The van der Waals surface area contributed by atoms with Gasteiger partial charge in [-0.2, -0.15) is 13.2 Å². The molecule has 0 spiro atoms. The molecular weight excluding hydrogens is 433 g/mol. The molecule has 1 aliphatic heterocycles. The van der Waals surface area contributed by atoms with Crippen LogP contribution >= 0.6 is 0 Å². The fourth-order valence-electron chi connectivity index (χ4n) is 4.67. The normalized spacial score (nSPS) is 16.0. The molecule has 8 heteroatoms. The van der Waals surface area contributed by atoms with Gasteiger partial charge in [-0.25, -0.2) is 0 Å². The van der Waals surface area contributed by atoms with Gasteiger partial charge < -0.3 is 19.4 Å². The minimum Gasteiger partial charge on any atom is -0.493 e. The Bertz CT molecular complexity index is 1140. The number of H-pyrrole nitrogens is 1. The Morgan fingerprint density at radius 1 is 1.21 bits per heavy atom. The molecule has 3 aromatic rings. The molecule has 1 amide bonds. The molecule has 0 aliphatic carbocycles. The van der Waals surface area contributed by atoms with Gasteiger partial charge in [0, 0.05) is 23.6 Å². The summed E-state index contributed by atoms with van der Waals surface area (Å²) in [6.45, 7) is 2.99. The molecule has 0 fully saturated rings. The Morgan fingerprint density at radius 3 is 2.73 bits per heavy atom. The van der Waals surface area contributed by atoms with Gasteiger partial charge in [0.25, 0.3) is 0 Å². The molecule has 5 nitrogen and oxygen atoms in total. The lowest BCUT2D eigenvalue weighted by molar-refractivity contribution is -0.127. The number of nitrogens with zero attached hydrogens (tertiary/aromatic N) is 1. The van der Waals surface area contributed by atoms with Gasteiger partial charge >= 0.3 is 6.18 Å². The van der Waals surface area contributed by atoms with E-state index in [4.69, 9.17) is 9.47 Å². The van der Waals surface area contributed by atoms with Gasteiger partial charge in [-0.15, -0.1) is 0 Å². The van der Waals surface area contributed by atoms with Crippen LogP contribution in [0.5, 0.6) is 11.5 Å². The van der Waals surface area contributed by atoms with Crippen LogP contribution in [0.15, 0.2) is 36.5 Å². The lowest BCUT2D eigenvalue weighted by Crippen LogP contribution is -2.34. The number of carbonyl (C=O) groups excluding carboxylic acids is 1. The van der Waals surface area contributed by atoms with Crippen molar-refractivity contribution in [2.24, 2.45) is 0 Å². The highest BCUT2D eigenvalue weighted by Crippen LogP contribution is 2.40. The molecule has 176 valence electrons. The highest BCUT2D eigenvalue weighted by Gasteiger charge is 2.29. The first-order valence-electron chi connectivity index (χ1n) is 11.0. The van der Waals surface area contributed by atoms with Gasteiger partial charge in [-0.05, 0) is 72.7 Å². The maximum atomic E-state index is 12.9. The average molecular weight is 460 g/mol. The zero-order valence-electron chi connectivity index (χ0n) is 18.7. The summed E-state index contributed by atoms with van der Waals surface area (Å²) in [5, 5.41) is 0.787. The number of aryl methyl sites for hydroxylation is 1. The summed E-state index contributed by atoms with van der Waals surface area (Å²) >= 11 is 0. The average Bonchev–Trinajstić information content (AvgIpc) is 3.18. The molecule has 1 N–H and O–H groups in total. The largest absolute Gasteiger partial charge is 0.493 e. The number of rotatable bonds is 8.